The second kappa shape index (κ2) is 12.0. The van der Waals surface area contributed by atoms with Crippen LogP contribution >= 0.6 is 22.6 Å². The lowest BCUT2D eigenvalue weighted by Gasteiger charge is -2.31. The van der Waals surface area contributed by atoms with Crippen molar-refractivity contribution in [2.45, 2.75) is 81.9 Å². The summed E-state index contributed by atoms with van der Waals surface area (Å²) in [6.07, 6.45) is 1.68. The van der Waals surface area contributed by atoms with E-state index in [9.17, 15) is 22.7 Å². The highest BCUT2D eigenvalue weighted by molar-refractivity contribution is 14.1. The molecule has 1 N–H and O–H groups in total. The number of pyridine rings is 1. The molecule has 0 aliphatic heterocycles. The van der Waals surface area contributed by atoms with E-state index in [1.165, 1.54) is 19.2 Å². The Kier molecular flexibility index (Phi) is 10.1. The molecule has 3 unspecified atom stereocenters. The number of hydrogen-bond donors (Lipinski definition) is 1. The predicted octanol–water partition coefficient (Wildman–Crippen LogP) is 8.47. The van der Waals surface area contributed by atoms with Gasteiger partial charge in [0.15, 0.2) is 0 Å². The molecule has 0 bridgehead atoms. The number of hydrogen-bond acceptors (Lipinski definition) is 2. The summed E-state index contributed by atoms with van der Waals surface area (Å²) in [4.78, 5) is 4.09. The Balaban J connectivity index is 1.87. The van der Waals surface area contributed by atoms with Crippen LogP contribution < -0.4 is 0 Å². The third-order valence-corrected chi connectivity index (χ3v) is 8.47. The summed E-state index contributed by atoms with van der Waals surface area (Å²) >= 11 is 2.26. The summed E-state index contributed by atoms with van der Waals surface area (Å²) in [5.41, 5.74) is 0.691. The average Bonchev–Trinajstić information content (AvgIpc) is 2.76. The van der Waals surface area contributed by atoms with Gasteiger partial charge in [-0.2, -0.15) is 13.2 Å². The van der Waals surface area contributed by atoms with Crippen LogP contribution in [0.15, 0.2) is 54.2 Å². The van der Waals surface area contributed by atoms with Crippen molar-refractivity contribution < 1.29 is 22.7 Å². The molecule has 0 fully saturated rings. The standard InChI is InChI=1S/C27H34F4INO/c1-5-25(3,27(29,30)31)16-19(2)8-6-7-9-24(32)26(4,34)17-20-10-12-21(13-11-20)23-15-14-22(28)18-33-23/h8,10-15,18,24,34H,5-7,9,16-17H2,1-4H3/b19-8+. The topological polar surface area (TPSA) is 33.1 Å². The van der Waals surface area contributed by atoms with Gasteiger partial charge in [0.1, 0.15) is 5.82 Å². The average molecular weight is 591 g/mol. The predicted molar refractivity (Wildman–Crippen MR) is 138 cm³/mol. The number of unbranched alkanes of at least 4 members (excludes halogenated alkanes) is 1. The molecule has 0 aliphatic rings. The van der Waals surface area contributed by atoms with E-state index >= 15 is 0 Å². The summed E-state index contributed by atoms with van der Waals surface area (Å²) in [6.45, 7) is 6.45. The van der Waals surface area contributed by atoms with Gasteiger partial charge >= 0.3 is 6.18 Å². The fraction of sp³-hybridized carbons (Fsp3) is 0.519. The molecule has 0 saturated carbocycles. The van der Waals surface area contributed by atoms with E-state index in [1.807, 2.05) is 37.3 Å². The number of nitrogens with zero attached hydrogens (tertiary/aromatic N) is 1. The number of halogens is 5. The van der Waals surface area contributed by atoms with Crippen molar-refractivity contribution in [1.29, 1.82) is 0 Å². The van der Waals surface area contributed by atoms with Gasteiger partial charge in [-0.3, -0.25) is 4.98 Å². The summed E-state index contributed by atoms with van der Waals surface area (Å²) in [5.74, 6) is -0.379. The van der Waals surface area contributed by atoms with Crippen molar-refractivity contribution in [2.75, 3.05) is 0 Å². The van der Waals surface area contributed by atoms with E-state index in [0.717, 1.165) is 29.5 Å². The van der Waals surface area contributed by atoms with Gasteiger partial charge in [0, 0.05) is 15.9 Å². The molecule has 1 aromatic heterocycles. The largest absolute Gasteiger partial charge is 0.394 e. The molecule has 2 aromatic rings. The second-order valence-corrected chi connectivity index (χ2v) is 11.1. The van der Waals surface area contributed by atoms with Gasteiger partial charge in [-0.1, -0.05) is 72.4 Å². The molecular weight excluding hydrogens is 557 g/mol. The summed E-state index contributed by atoms with van der Waals surface area (Å²) in [6, 6.07) is 10.7. The van der Waals surface area contributed by atoms with Gasteiger partial charge in [0.25, 0.3) is 0 Å². The second-order valence-electron chi connectivity index (χ2n) is 9.63. The third kappa shape index (κ3) is 8.04. The maximum atomic E-state index is 13.3. The van der Waals surface area contributed by atoms with Crippen LogP contribution in [0.2, 0.25) is 0 Å². The van der Waals surface area contributed by atoms with E-state index in [2.05, 4.69) is 27.6 Å². The van der Waals surface area contributed by atoms with Gasteiger partial charge in [-0.05, 0) is 63.6 Å². The van der Waals surface area contributed by atoms with Gasteiger partial charge in [0.2, 0.25) is 0 Å². The number of rotatable bonds is 11. The minimum Gasteiger partial charge on any atom is -0.389 e. The van der Waals surface area contributed by atoms with E-state index in [-0.39, 0.29) is 22.6 Å². The maximum Gasteiger partial charge on any atom is 0.394 e. The van der Waals surface area contributed by atoms with Crippen molar-refractivity contribution in [1.82, 2.24) is 4.98 Å². The van der Waals surface area contributed by atoms with Crippen LogP contribution in [0.5, 0.6) is 0 Å². The Hall–Kier alpha value is -1.48. The lowest BCUT2D eigenvalue weighted by molar-refractivity contribution is -0.218. The maximum absolute atomic E-state index is 13.3. The van der Waals surface area contributed by atoms with Crippen molar-refractivity contribution in [2.24, 2.45) is 5.41 Å². The summed E-state index contributed by atoms with van der Waals surface area (Å²) in [7, 11) is 0. The van der Waals surface area contributed by atoms with Crippen LogP contribution in [-0.4, -0.2) is 25.8 Å². The van der Waals surface area contributed by atoms with Crippen LogP contribution in [0.1, 0.15) is 65.4 Å². The first-order valence-electron chi connectivity index (χ1n) is 11.6. The lowest BCUT2D eigenvalue weighted by atomic mass is 9.80. The van der Waals surface area contributed by atoms with Crippen LogP contribution in [0.3, 0.4) is 0 Å². The van der Waals surface area contributed by atoms with Crippen LogP contribution in [0, 0.1) is 11.2 Å². The molecule has 2 nitrogen and oxygen atoms in total. The highest BCUT2D eigenvalue weighted by atomic mass is 127. The number of aliphatic hydroxyl groups is 1. The van der Waals surface area contributed by atoms with Crippen molar-refractivity contribution in [3.8, 4) is 11.3 Å². The monoisotopic (exact) mass is 591 g/mol. The molecule has 0 saturated heterocycles. The normalized spacial score (nSPS) is 17.2. The van der Waals surface area contributed by atoms with Gasteiger partial charge < -0.3 is 5.11 Å². The van der Waals surface area contributed by atoms with Crippen molar-refractivity contribution >= 4 is 22.6 Å². The quantitative estimate of drug-likeness (QED) is 0.0935. The van der Waals surface area contributed by atoms with E-state index in [1.54, 1.807) is 19.9 Å². The fourth-order valence-electron chi connectivity index (χ4n) is 3.93. The highest BCUT2D eigenvalue weighted by Gasteiger charge is 2.49. The zero-order chi connectivity index (χ0) is 25.6. The molecule has 34 heavy (non-hydrogen) atoms. The first kappa shape index (κ1) is 28.8. The number of benzene rings is 1. The Morgan fingerprint density at radius 2 is 1.76 bits per heavy atom. The first-order valence-corrected chi connectivity index (χ1v) is 12.8. The SMILES string of the molecule is CCC(C)(C/C(C)=C/CCCC(I)C(C)(O)Cc1ccc(-c2ccc(F)cn2)cc1)C(F)(F)F. The molecule has 188 valence electrons. The van der Waals surface area contributed by atoms with Crippen LogP contribution in [0.4, 0.5) is 17.6 Å². The van der Waals surface area contributed by atoms with Gasteiger partial charge in [0.05, 0.1) is 22.9 Å². The smallest absolute Gasteiger partial charge is 0.389 e. The molecule has 1 aromatic carbocycles. The van der Waals surface area contributed by atoms with Crippen LogP contribution in [0.25, 0.3) is 11.3 Å². The molecule has 2 rings (SSSR count). The fourth-order valence-corrected chi connectivity index (χ4v) is 4.59. The first-order chi connectivity index (χ1) is 15.8. The number of aromatic nitrogens is 1. The minimum absolute atomic E-state index is 0.00618. The molecule has 0 aliphatic carbocycles. The molecule has 0 amide bonds. The van der Waals surface area contributed by atoms with Crippen molar-refractivity contribution in [3.05, 3.63) is 65.6 Å². The Morgan fingerprint density at radius 3 is 2.29 bits per heavy atom. The van der Waals surface area contributed by atoms with E-state index < -0.39 is 17.2 Å². The third-order valence-electron chi connectivity index (χ3n) is 6.50. The Labute approximate surface area is 214 Å². The van der Waals surface area contributed by atoms with Crippen LogP contribution in [-0.2, 0) is 6.42 Å². The zero-order valence-electron chi connectivity index (χ0n) is 20.2. The minimum atomic E-state index is -4.21. The van der Waals surface area contributed by atoms with E-state index in [4.69, 9.17) is 0 Å². The zero-order valence-corrected chi connectivity index (χ0v) is 22.4. The van der Waals surface area contributed by atoms with Crippen molar-refractivity contribution in [3.63, 3.8) is 0 Å². The van der Waals surface area contributed by atoms with Gasteiger partial charge in [-0.15, -0.1) is 0 Å². The number of alkyl halides is 4. The molecule has 7 heteroatoms. The van der Waals surface area contributed by atoms with Gasteiger partial charge in [-0.25, -0.2) is 4.39 Å². The van der Waals surface area contributed by atoms with E-state index in [0.29, 0.717) is 18.5 Å². The molecular formula is C27H34F4INO. The molecule has 3 atom stereocenters. The Morgan fingerprint density at radius 1 is 1.12 bits per heavy atom. The lowest BCUT2D eigenvalue weighted by Crippen LogP contribution is -2.37. The molecule has 0 spiro atoms. The highest BCUT2D eigenvalue weighted by Crippen LogP contribution is 2.45. The number of allylic oxidation sites excluding steroid dienone is 2. The summed E-state index contributed by atoms with van der Waals surface area (Å²) < 4.78 is 53.0. The molecule has 0 radical (unpaired) electrons. The molecule has 1 heterocycles. The Bertz CT molecular complexity index is 939. The summed E-state index contributed by atoms with van der Waals surface area (Å²) in [5, 5.41) is 11.0.